The molecule has 3 amide bonds. The zero-order chi connectivity index (χ0) is 27.3. The van der Waals surface area contributed by atoms with Gasteiger partial charge in [-0.2, -0.15) is 11.8 Å². The fourth-order valence-electron chi connectivity index (χ4n) is 4.12. The molecule has 11 nitrogen and oxygen atoms in total. The number of phosphoric ester groups is 1. The third-order valence-electron chi connectivity index (χ3n) is 5.85. The summed E-state index contributed by atoms with van der Waals surface area (Å²) in [4.78, 5) is 23.7. The Morgan fingerprint density at radius 3 is 2.62 bits per heavy atom. The molecule has 0 radical (unpaired) electrons. The first-order valence-corrected chi connectivity index (χ1v) is 15.7. The summed E-state index contributed by atoms with van der Waals surface area (Å²) in [5, 5.41) is 9.20. The highest BCUT2D eigenvalue weighted by Gasteiger charge is 2.42. The molecule has 37 heavy (non-hydrogen) atoms. The van der Waals surface area contributed by atoms with Crippen LogP contribution in [0.4, 0.5) is 4.79 Å². The lowest BCUT2D eigenvalue weighted by atomic mass is 10.0. The molecule has 0 aromatic carbocycles. The summed E-state index contributed by atoms with van der Waals surface area (Å²) in [6.07, 6.45) is 3.90. The van der Waals surface area contributed by atoms with Gasteiger partial charge in [0.2, 0.25) is 5.91 Å². The summed E-state index contributed by atoms with van der Waals surface area (Å²) >= 11 is 1.85. The van der Waals surface area contributed by atoms with Crippen molar-refractivity contribution in [1.82, 2.24) is 16.0 Å². The van der Waals surface area contributed by atoms with Crippen LogP contribution in [0.2, 0.25) is 0 Å². The van der Waals surface area contributed by atoms with Crippen LogP contribution in [0.25, 0.3) is 0 Å². The Morgan fingerprint density at radius 1 is 1.16 bits per heavy atom. The van der Waals surface area contributed by atoms with E-state index in [0.717, 1.165) is 25.0 Å². The van der Waals surface area contributed by atoms with Crippen molar-refractivity contribution >= 4 is 31.5 Å². The van der Waals surface area contributed by atoms with Crippen LogP contribution >= 0.6 is 19.6 Å². The summed E-state index contributed by atoms with van der Waals surface area (Å²) in [6, 6.07) is 0.269. The molecule has 2 rings (SSSR count). The highest BCUT2D eigenvalue weighted by Crippen LogP contribution is 2.52. The van der Waals surface area contributed by atoms with E-state index in [9.17, 15) is 14.2 Å². The number of thioether (sulfide) groups is 1. The zero-order valence-corrected chi connectivity index (χ0v) is 24.6. The minimum atomic E-state index is -3.76. The van der Waals surface area contributed by atoms with E-state index in [1.54, 1.807) is 27.9 Å². The highest BCUT2D eigenvalue weighted by atomic mass is 32.2. The number of ether oxygens (including phenoxy) is 2. The van der Waals surface area contributed by atoms with Gasteiger partial charge < -0.3 is 25.4 Å². The number of phosphoric acid groups is 1. The lowest BCUT2D eigenvalue weighted by Crippen LogP contribution is -2.37. The normalized spacial score (nSPS) is 23.7. The van der Waals surface area contributed by atoms with Gasteiger partial charge >= 0.3 is 13.9 Å². The van der Waals surface area contributed by atoms with Crippen molar-refractivity contribution in [2.24, 2.45) is 0 Å². The number of carbonyl (C=O) groups is 2. The monoisotopic (exact) mass is 567 g/mol. The van der Waals surface area contributed by atoms with E-state index < -0.39 is 13.4 Å². The van der Waals surface area contributed by atoms with Gasteiger partial charge in [0.1, 0.15) is 0 Å². The third kappa shape index (κ3) is 12.7. The fraction of sp³-hybridized carbons (Fsp3) is 0.917. The van der Waals surface area contributed by atoms with E-state index in [1.165, 1.54) is 0 Å². The Morgan fingerprint density at radius 2 is 1.92 bits per heavy atom. The van der Waals surface area contributed by atoms with Crippen molar-refractivity contribution in [1.29, 1.82) is 0 Å². The number of urea groups is 1. The fourth-order valence-corrected chi connectivity index (χ4v) is 7.15. The van der Waals surface area contributed by atoms with E-state index in [1.807, 2.05) is 18.7 Å². The number of rotatable bonds is 19. The van der Waals surface area contributed by atoms with Gasteiger partial charge in [0.15, 0.2) is 0 Å². The van der Waals surface area contributed by atoms with Gasteiger partial charge in [-0.05, 0) is 52.9 Å². The Bertz CT molecular complexity index is 754. The van der Waals surface area contributed by atoms with Gasteiger partial charge in [-0.25, -0.2) is 9.36 Å². The van der Waals surface area contributed by atoms with E-state index in [4.69, 9.17) is 23.0 Å². The third-order valence-corrected chi connectivity index (χ3v) is 9.13. The summed E-state index contributed by atoms with van der Waals surface area (Å²) in [7, 11) is -2.16. The predicted molar refractivity (Wildman–Crippen MR) is 144 cm³/mol. The van der Waals surface area contributed by atoms with Crippen molar-refractivity contribution in [3.63, 3.8) is 0 Å². The van der Waals surface area contributed by atoms with E-state index in [2.05, 4.69) is 16.0 Å². The van der Waals surface area contributed by atoms with Gasteiger partial charge in [-0.1, -0.05) is 6.92 Å². The van der Waals surface area contributed by atoms with Crippen molar-refractivity contribution < 1.29 is 37.2 Å². The summed E-state index contributed by atoms with van der Waals surface area (Å²) in [6.45, 7) is 9.00. The lowest BCUT2D eigenvalue weighted by Gasteiger charge is -2.26. The van der Waals surface area contributed by atoms with E-state index in [-0.39, 0.29) is 43.3 Å². The molecule has 2 fully saturated rings. The van der Waals surface area contributed by atoms with Crippen LogP contribution in [-0.4, -0.2) is 86.8 Å². The van der Waals surface area contributed by atoms with Crippen LogP contribution in [0.5, 0.6) is 0 Å². The Hall–Kier alpha value is -0.880. The molecule has 0 spiro atoms. The van der Waals surface area contributed by atoms with Crippen LogP contribution in [0.15, 0.2) is 0 Å². The van der Waals surface area contributed by atoms with Crippen LogP contribution in [0, 0.1) is 0 Å². The molecule has 2 aliphatic rings. The molecule has 0 aliphatic carbocycles. The van der Waals surface area contributed by atoms with Crippen molar-refractivity contribution in [2.45, 2.75) is 95.3 Å². The first-order valence-electron chi connectivity index (χ1n) is 13.2. The summed E-state index contributed by atoms with van der Waals surface area (Å²) < 4.78 is 40.5. The minimum absolute atomic E-state index is 0.000928. The van der Waals surface area contributed by atoms with E-state index >= 15 is 0 Å². The average molecular weight is 568 g/mol. The number of fused-ring (bicyclic) bond motifs is 1. The molecular weight excluding hydrogens is 521 g/mol. The van der Waals surface area contributed by atoms with E-state index in [0.29, 0.717) is 44.3 Å². The molecule has 0 aromatic rings. The first kappa shape index (κ1) is 32.3. The second kappa shape index (κ2) is 16.3. The smallest absolute Gasteiger partial charge is 0.381 e. The summed E-state index contributed by atoms with van der Waals surface area (Å²) in [5.74, 6) is 0.917. The first-order chi connectivity index (χ1) is 17.5. The molecule has 5 atom stereocenters. The molecule has 2 aliphatic heterocycles. The van der Waals surface area contributed by atoms with Crippen LogP contribution in [0.3, 0.4) is 0 Å². The number of hydrogen-bond donors (Lipinski definition) is 3. The van der Waals surface area contributed by atoms with Crippen LogP contribution in [-0.2, 0) is 32.4 Å². The SMILES string of the molecule is CCCOCCOP(=O)(OCCC(CCNC(=O)CCCC1SCC2NC(=O)NC21)OC)OC(C)(C)C. The lowest BCUT2D eigenvalue weighted by molar-refractivity contribution is -0.121. The van der Waals surface area contributed by atoms with Crippen molar-refractivity contribution in [3.05, 3.63) is 0 Å². The molecule has 0 bridgehead atoms. The maximum absolute atomic E-state index is 13.1. The zero-order valence-electron chi connectivity index (χ0n) is 22.9. The van der Waals surface area contributed by atoms with Gasteiger partial charge in [0.05, 0.1) is 43.6 Å². The standard InChI is InChI=1S/C24H46N3O8PS/c1-6-13-32-15-16-34-36(30,35-24(2,3)4)33-14-11-18(31-5)10-12-25-21(28)9-7-8-20-22-19(17-37-20)26-23(29)27-22/h18-20,22H,6-17H2,1-5H3,(H,25,28)(H2,26,27,29). The molecular formula is C24H46N3O8PS. The topological polar surface area (TPSA) is 133 Å². The van der Waals surface area contributed by atoms with Crippen molar-refractivity contribution in [2.75, 3.05) is 45.8 Å². The maximum Gasteiger partial charge on any atom is 0.475 e. The average Bonchev–Trinajstić information content (AvgIpc) is 3.36. The quantitative estimate of drug-likeness (QED) is 0.122. The molecule has 13 heteroatoms. The predicted octanol–water partition coefficient (Wildman–Crippen LogP) is 3.62. The molecule has 5 unspecified atom stereocenters. The maximum atomic E-state index is 13.1. The van der Waals surface area contributed by atoms with Gasteiger partial charge in [0, 0.05) is 37.7 Å². The molecule has 3 N–H and O–H groups in total. The second-order valence-corrected chi connectivity index (χ2v) is 13.1. The number of nitrogens with one attached hydrogen (secondary N) is 3. The second-order valence-electron chi connectivity index (χ2n) is 10.2. The minimum Gasteiger partial charge on any atom is -0.381 e. The molecule has 0 saturated carbocycles. The Balaban J connectivity index is 1.62. The number of carbonyl (C=O) groups excluding carboxylic acids is 2. The number of methoxy groups -OCH3 is 1. The molecule has 2 saturated heterocycles. The largest absolute Gasteiger partial charge is 0.475 e. The van der Waals surface area contributed by atoms with Gasteiger partial charge in [-0.15, -0.1) is 0 Å². The molecule has 2 heterocycles. The van der Waals surface area contributed by atoms with Gasteiger partial charge in [0.25, 0.3) is 0 Å². The van der Waals surface area contributed by atoms with Gasteiger partial charge in [-0.3, -0.25) is 18.4 Å². The molecule has 0 aromatic heterocycles. The summed E-state index contributed by atoms with van der Waals surface area (Å²) in [5.41, 5.74) is -0.704. The number of amides is 3. The molecule has 216 valence electrons. The van der Waals surface area contributed by atoms with Crippen molar-refractivity contribution in [3.8, 4) is 0 Å². The Kier molecular flexibility index (Phi) is 14.2. The van der Waals surface area contributed by atoms with Crippen LogP contribution in [0.1, 0.15) is 66.2 Å². The number of hydrogen-bond acceptors (Lipinski definition) is 9. The highest BCUT2D eigenvalue weighted by molar-refractivity contribution is 8.00. The Labute approximate surface area is 225 Å². The van der Waals surface area contributed by atoms with Crippen LogP contribution < -0.4 is 16.0 Å².